The molecular formula is C20H26N6O2. The fraction of sp³-hybridized carbons (Fsp3) is 0.500. The first-order valence-electron chi connectivity index (χ1n) is 9.90. The zero-order valence-electron chi connectivity index (χ0n) is 16.4. The van der Waals surface area contributed by atoms with Gasteiger partial charge in [-0.05, 0) is 25.5 Å². The number of hydrogen-bond acceptors (Lipinski definition) is 7. The van der Waals surface area contributed by atoms with Gasteiger partial charge in [-0.2, -0.15) is 4.98 Å². The molecule has 0 aromatic carbocycles. The highest BCUT2D eigenvalue weighted by atomic mass is 16.5. The van der Waals surface area contributed by atoms with Crippen molar-refractivity contribution in [3.63, 3.8) is 0 Å². The minimum atomic E-state index is -0.0351. The molecule has 8 nitrogen and oxygen atoms in total. The van der Waals surface area contributed by atoms with E-state index in [-0.39, 0.29) is 11.6 Å². The smallest absolute Gasteiger partial charge is 0.258 e. The first kappa shape index (κ1) is 18.8. The summed E-state index contributed by atoms with van der Waals surface area (Å²) in [4.78, 5) is 26.1. The molecule has 1 aliphatic heterocycles. The van der Waals surface area contributed by atoms with Crippen LogP contribution in [0.2, 0.25) is 0 Å². The van der Waals surface area contributed by atoms with Crippen molar-refractivity contribution in [3.05, 3.63) is 58.2 Å². The highest BCUT2D eigenvalue weighted by molar-refractivity contribution is 5.37. The minimum absolute atomic E-state index is 0.0351. The summed E-state index contributed by atoms with van der Waals surface area (Å²) in [5.74, 6) is 1.48. The van der Waals surface area contributed by atoms with E-state index in [1.54, 1.807) is 16.7 Å². The van der Waals surface area contributed by atoms with E-state index in [2.05, 4.69) is 38.8 Å². The van der Waals surface area contributed by atoms with Crippen molar-refractivity contribution in [2.24, 2.45) is 0 Å². The number of hydrogen-bond donors (Lipinski definition) is 0. The van der Waals surface area contributed by atoms with Gasteiger partial charge in [0.2, 0.25) is 5.89 Å². The van der Waals surface area contributed by atoms with Gasteiger partial charge in [-0.15, -0.1) is 0 Å². The molecule has 0 spiro atoms. The molecule has 0 saturated carbocycles. The van der Waals surface area contributed by atoms with Crippen LogP contribution in [0.15, 0.2) is 39.8 Å². The molecule has 0 amide bonds. The Bertz CT molecular complexity index is 990. The summed E-state index contributed by atoms with van der Waals surface area (Å²) in [6, 6.07) is 7.35. The van der Waals surface area contributed by atoms with Gasteiger partial charge in [-0.25, -0.2) is 4.98 Å². The predicted molar refractivity (Wildman–Crippen MR) is 105 cm³/mol. The second kappa shape index (κ2) is 8.20. The topological polar surface area (TPSA) is 79.8 Å². The van der Waals surface area contributed by atoms with E-state index in [0.29, 0.717) is 18.1 Å². The van der Waals surface area contributed by atoms with Crippen LogP contribution in [0.3, 0.4) is 0 Å². The number of piperazine rings is 1. The molecule has 0 radical (unpaired) electrons. The third kappa shape index (κ3) is 3.98. The number of aryl methyl sites for hydroxylation is 1. The number of pyridine rings is 1. The minimum Gasteiger partial charge on any atom is -0.338 e. The lowest BCUT2D eigenvalue weighted by Gasteiger charge is -2.36. The zero-order valence-corrected chi connectivity index (χ0v) is 16.4. The van der Waals surface area contributed by atoms with Crippen molar-refractivity contribution >= 4 is 5.65 Å². The molecule has 0 bridgehead atoms. The number of rotatable bonds is 6. The van der Waals surface area contributed by atoms with Crippen LogP contribution in [-0.4, -0.2) is 55.5 Å². The van der Waals surface area contributed by atoms with E-state index in [1.807, 2.05) is 18.2 Å². The largest absolute Gasteiger partial charge is 0.338 e. The van der Waals surface area contributed by atoms with Crippen molar-refractivity contribution < 1.29 is 4.52 Å². The fourth-order valence-electron chi connectivity index (χ4n) is 3.64. The quantitative estimate of drug-likeness (QED) is 0.644. The van der Waals surface area contributed by atoms with Crippen molar-refractivity contribution in [1.82, 2.24) is 29.3 Å². The summed E-state index contributed by atoms with van der Waals surface area (Å²) >= 11 is 0. The Morgan fingerprint density at radius 2 is 2.00 bits per heavy atom. The van der Waals surface area contributed by atoms with Crippen molar-refractivity contribution in [3.8, 4) is 0 Å². The zero-order chi connectivity index (χ0) is 19.5. The normalized spacial score (nSPS) is 17.2. The third-order valence-electron chi connectivity index (χ3n) is 5.28. The van der Waals surface area contributed by atoms with Gasteiger partial charge in [0.25, 0.3) is 5.56 Å². The van der Waals surface area contributed by atoms with Crippen molar-refractivity contribution in [2.45, 2.75) is 39.3 Å². The van der Waals surface area contributed by atoms with Gasteiger partial charge in [0, 0.05) is 51.4 Å². The number of aromatic nitrogens is 4. The average molecular weight is 382 g/mol. The Labute approximate surface area is 163 Å². The molecule has 1 aliphatic rings. The van der Waals surface area contributed by atoms with E-state index in [9.17, 15) is 4.79 Å². The van der Waals surface area contributed by atoms with Crippen LogP contribution in [-0.2, 0) is 13.0 Å². The molecule has 4 heterocycles. The molecule has 148 valence electrons. The maximum atomic E-state index is 12.3. The molecular weight excluding hydrogens is 356 g/mol. The highest BCUT2D eigenvalue weighted by Gasteiger charge is 2.26. The Morgan fingerprint density at radius 1 is 1.18 bits per heavy atom. The summed E-state index contributed by atoms with van der Waals surface area (Å²) in [6.07, 6.45) is 3.61. The van der Waals surface area contributed by atoms with Gasteiger partial charge < -0.3 is 4.52 Å². The molecule has 0 aliphatic carbocycles. The molecule has 0 N–H and O–H groups in total. The average Bonchev–Trinajstić information content (AvgIpc) is 3.17. The summed E-state index contributed by atoms with van der Waals surface area (Å²) in [5, 5.41) is 4.06. The molecule has 1 fully saturated rings. The molecule has 3 aromatic heterocycles. The Morgan fingerprint density at radius 3 is 2.79 bits per heavy atom. The fourth-order valence-corrected chi connectivity index (χ4v) is 3.64. The molecule has 4 rings (SSSR count). The highest BCUT2D eigenvalue weighted by Crippen LogP contribution is 2.21. The lowest BCUT2D eigenvalue weighted by Crippen LogP contribution is -2.46. The Hall–Kier alpha value is -2.58. The second-order valence-electron chi connectivity index (χ2n) is 7.30. The lowest BCUT2D eigenvalue weighted by atomic mass is 10.2. The third-order valence-corrected chi connectivity index (χ3v) is 5.28. The van der Waals surface area contributed by atoms with E-state index >= 15 is 0 Å². The van der Waals surface area contributed by atoms with Gasteiger partial charge in [0.05, 0.1) is 11.7 Å². The van der Waals surface area contributed by atoms with Crippen LogP contribution in [0.5, 0.6) is 0 Å². The maximum absolute atomic E-state index is 12.3. The summed E-state index contributed by atoms with van der Waals surface area (Å²) < 4.78 is 7.02. The second-order valence-corrected chi connectivity index (χ2v) is 7.30. The van der Waals surface area contributed by atoms with Crippen molar-refractivity contribution in [1.29, 1.82) is 0 Å². The summed E-state index contributed by atoms with van der Waals surface area (Å²) in [5.41, 5.74) is 1.47. The van der Waals surface area contributed by atoms with E-state index in [1.165, 1.54) is 0 Å². The molecule has 8 heteroatoms. The monoisotopic (exact) mass is 382 g/mol. The van der Waals surface area contributed by atoms with Gasteiger partial charge in [-0.1, -0.05) is 18.1 Å². The van der Waals surface area contributed by atoms with Gasteiger partial charge in [-0.3, -0.25) is 19.0 Å². The standard InChI is InChI=1S/C20H26N6O2/c1-3-6-17-22-20(28-23-17)15(2)25-11-9-24(10-12-25)14-16-13-19(27)26-8-5-4-7-18(26)21-16/h4-5,7-8,13,15H,3,6,9-12,14H2,1-2H3. The van der Waals surface area contributed by atoms with E-state index in [0.717, 1.165) is 50.5 Å². The summed E-state index contributed by atoms with van der Waals surface area (Å²) in [7, 11) is 0. The van der Waals surface area contributed by atoms with Crippen LogP contribution in [0.25, 0.3) is 5.65 Å². The molecule has 1 saturated heterocycles. The Balaban J connectivity index is 1.37. The Kier molecular flexibility index (Phi) is 5.50. The first-order chi connectivity index (χ1) is 13.6. The maximum Gasteiger partial charge on any atom is 0.258 e. The van der Waals surface area contributed by atoms with Crippen LogP contribution in [0.4, 0.5) is 0 Å². The van der Waals surface area contributed by atoms with E-state index < -0.39 is 0 Å². The van der Waals surface area contributed by atoms with Crippen LogP contribution < -0.4 is 5.56 Å². The van der Waals surface area contributed by atoms with Crippen LogP contribution >= 0.6 is 0 Å². The van der Waals surface area contributed by atoms with Crippen LogP contribution in [0, 0.1) is 0 Å². The first-order valence-corrected chi connectivity index (χ1v) is 9.90. The van der Waals surface area contributed by atoms with Gasteiger partial charge in [0.15, 0.2) is 5.82 Å². The number of fused-ring (bicyclic) bond motifs is 1. The SMILES string of the molecule is CCCc1noc(C(C)N2CCN(Cc3cc(=O)n4ccccc4n3)CC2)n1. The summed E-state index contributed by atoms with van der Waals surface area (Å²) in [6.45, 7) is 8.57. The molecule has 1 atom stereocenters. The molecule has 1 unspecified atom stereocenters. The van der Waals surface area contributed by atoms with Gasteiger partial charge in [0.1, 0.15) is 5.65 Å². The number of nitrogens with zero attached hydrogens (tertiary/aromatic N) is 6. The van der Waals surface area contributed by atoms with E-state index in [4.69, 9.17) is 4.52 Å². The van der Waals surface area contributed by atoms with Gasteiger partial charge >= 0.3 is 0 Å². The molecule has 3 aromatic rings. The lowest BCUT2D eigenvalue weighted by molar-refractivity contribution is 0.0839. The van der Waals surface area contributed by atoms with Crippen molar-refractivity contribution in [2.75, 3.05) is 26.2 Å². The molecule has 28 heavy (non-hydrogen) atoms. The predicted octanol–water partition coefficient (Wildman–Crippen LogP) is 1.91. The van der Waals surface area contributed by atoms with Crippen LogP contribution in [0.1, 0.15) is 43.7 Å².